The monoisotopic (exact) mass is 254 g/mol. The van der Waals surface area contributed by atoms with E-state index in [9.17, 15) is 10.1 Å². The van der Waals surface area contributed by atoms with Gasteiger partial charge in [0, 0.05) is 27.2 Å². The lowest BCUT2D eigenvalue weighted by Crippen LogP contribution is -2.26. The molecule has 1 aromatic rings. The summed E-state index contributed by atoms with van der Waals surface area (Å²) in [5.74, 6) is 0.534. The Kier molecular flexibility index (Phi) is 4.78. The second-order valence-corrected chi connectivity index (χ2v) is 3.83. The van der Waals surface area contributed by atoms with Crippen LogP contribution in [0, 0.1) is 10.1 Å². The van der Waals surface area contributed by atoms with Gasteiger partial charge in [-0.05, 0) is 13.8 Å². The summed E-state index contributed by atoms with van der Waals surface area (Å²) < 4.78 is 0. The summed E-state index contributed by atoms with van der Waals surface area (Å²) in [4.78, 5) is 20.5. The third-order valence-corrected chi connectivity index (χ3v) is 2.38. The van der Waals surface area contributed by atoms with Gasteiger partial charge in [0.2, 0.25) is 11.6 Å². The summed E-state index contributed by atoms with van der Waals surface area (Å²) >= 11 is 0. The van der Waals surface area contributed by atoms with Gasteiger partial charge in [-0.2, -0.15) is 0 Å². The highest BCUT2D eigenvalue weighted by molar-refractivity contribution is 5.69. The zero-order chi connectivity index (χ0) is 13.7. The number of nitrogens with one attached hydrogen (secondary N) is 1. The molecule has 18 heavy (non-hydrogen) atoms. The van der Waals surface area contributed by atoms with E-state index in [1.807, 2.05) is 18.7 Å². The average Bonchev–Trinajstić information content (AvgIpc) is 2.29. The molecule has 8 heteroatoms. The third kappa shape index (κ3) is 3.04. The fourth-order valence-corrected chi connectivity index (χ4v) is 1.59. The summed E-state index contributed by atoms with van der Waals surface area (Å²) in [7, 11) is 3.48. The maximum absolute atomic E-state index is 11.2. The van der Waals surface area contributed by atoms with Crippen LogP contribution in [0.5, 0.6) is 0 Å². The molecule has 8 nitrogen and oxygen atoms in total. The number of anilines is 2. The molecule has 0 radical (unpaired) electrons. The molecular formula is C10H18N6O2. The number of hydrogen-bond donors (Lipinski definition) is 1. The fourth-order valence-electron chi connectivity index (χ4n) is 1.59. The Morgan fingerprint density at radius 2 is 1.94 bits per heavy atom. The van der Waals surface area contributed by atoms with Crippen molar-refractivity contribution in [2.45, 2.75) is 13.8 Å². The lowest BCUT2D eigenvalue weighted by atomic mass is 10.4. The summed E-state index contributed by atoms with van der Waals surface area (Å²) in [6.07, 6.45) is 1.33. The first-order chi connectivity index (χ1) is 8.51. The topological polar surface area (TPSA) is 87.4 Å². The SMILES string of the molecule is CCN(CC)c1ncnc(NN(C)C)c1[N+](=O)[O-]. The van der Waals surface area contributed by atoms with Gasteiger partial charge >= 0.3 is 5.69 Å². The molecule has 0 aliphatic rings. The zero-order valence-electron chi connectivity index (χ0n) is 11.0. The quantitative estimate of drug-likeness (QED) is 0.601. The Bertz CT molecular complexity index is 419. The molecule has 1 heterocycles. The van der Waals surface area contributed by atoms with Crippen molar-refractivity contribution in [1.82, 2.24) is 15.0 Å². The van der Waals surface area contributed by atoms with Gasteiger partial charge in [-0.15, -0.1) is 0 Å². The van der Waals surface area contributed by atoms with Gasteiger partial charge in [-0.3, -0.25) is 15.5 Å². The van der Waals surface area contributed by atoms with Crippen LogP contribution in [0.4, 0.5) is 17.3 Å². The van der Waals surface area contributed by atoms with Crippen molar-refractivity contribution in [3.8, 4) is 0 Å². The lowest BCUT2D eigenvalue weighted by Gasteiger charge is -2.20. The highest BCUT2D eigenvalue weighted by Gasteiger charge is 2.26. The third-order valence-electron chi connectivity index (χ3n) is 2.38. The molecule has 0 aliphatic carbocycles. The molecule has 0 amide bonds. The van der Waals surface area contributed by atoms with Crippen molar-refractivity contribution < 1.29 is 4.92 Å². The first-order valence-corrected chi connectivity index (χ1v) is 5.69. The minimum atomic E-state index is -0.459. The molecule has 0 saturated carbocycles. The van der Waals surface area contributed by atoms with Crippen molar-refractivity contribution in [2.75, 3.05) is 37.5 Å². The van der Waals surface area contributed by atoms with Gasteiger partial charge < -0.3 is 4.90 Å². The van der Waals surface area contributed by atoms with E-state index in [0.29, 0.717) is 18.9 Å². The summed E-state index contributed by atoms with van der Waals surface area (Å²) in [6, 6.07) is 0. The van der Waals surface area contributed by atoms with Crippen LogP contribution in [-0.4, -0.2) is 47.1 Å². The van der Waals surface area contributed by atoms with Crippen molar-refractivity contribution in [3.63, 3.8) is 0 Å². The fraction of sp³-hybridized carbons (Fsp3) is 0.600. The van der Waals surface area contributed by atoms with Crippen LogP contribution in [0.2, 0.25) is 0 Å². The normalized spacial score (nSPS) is 10.5. The van der Waals surface area contributed by atoms with Crippen LogP contribution in [0.1, 0.15) is 13.8 Å². The maximum Gasteiger partial charge on any atom is 0.354 e. The Labute approximate surface area is 106 Å². The second-order valence-electron chi connectivity index (χ2n) is 3.83. The predicted octanol–water partition coefficient (Wildman–Crippen LogP) is 1.12. The van der Waals surface area contributed by atoms with Gasteiger partial charge in [0.1, 0.15) is 6.33 Å². The standard InChI is InChI=1S/C10H18N6O2/c1-5-15(6-2)10-8(16(17)18)9(11-7-12-10)13-14(3)4/h7H,5-6H2,1-4H3,(H,11,12,13). The van der Waals surface area contributed by atoms with E-state index in [2.05, 4.69) is 15.4 Å². The van der Waals surface area contributed by atoms with Gasteiger partial charge in [-0.1, -0.05) is 0 Å². The molecule has 0 fully saturated rings. The zero-order valence-corrected chi connectivity index (χ0v) is 11.0. The summed E-state index contributed by atoms with van der Waals surface area (Å²) in [6.45, 7) is 5.15. The van der Waals surface area contributed by atoms with Crippen molar-refractivity contribution in [3.05, 3.63) is 16.4 Å². The first-order valence-electron chi connectivity index (χ1n) is 5.69. The van der Waals surface area contributed by atoms with Crippen molar-refractivity contribution in [1.29, 1.82) is 0 Å². The minimum absolute atomic E-state index is 0.102. The smallest absolute Gasteiger partial charge is 0.351 e. The number of nitro groups is 1. The Hall–Kier alpha value is -1.96. The second kappa shape index (κ2) is 6.10. The molecule has 1 rings (SSSR count). The van der Waals surface area contributed by atoms with Gasteiger partial charge in [-0.25, -0.2) is 15.0 Å². The van der Waals surface area contributed by atoms with Crippen LogP contribution in [-0.2, 0) is 0 Å². The minimum Gasteiger partial charge on any atom is -0.351 e. The number of hydrogen-bond acceptors (Lipinski definition) is 7. The van der Waals surface area contributed by atoms with Gasteiger partial charge in [0.15, 0.2) is 0 Å². The Balaban J connectivity index is 3.29. The van der Waals surface area contributed by atoms with E-state index in [1.54, 1.807) is 19.1 Å². The molecule has 0 unspecified atom stereocenters. The maximum atomic E-state index is 11.2. The highest BCUT2D eigenvalue weighted by Crippen LogP contribution is 2.31. The number of nitrogens with zero attached hydrogens (tertiary/aromatic N) is 5. The molecule has 0 bridgehead atoms. The lowest BCUT2D eigenvalue weighted by molar-refractivity contribution is -0.383. The van der Waals surface area contributed by atoms with Crippen LogP contribution in [0.15, 0.2) is 6.33 Å². The van der Waals surface area contributed by atoms with E-state index in [1.165, 1.54) is 6.33 Å². The van der Waals surface area contributed by atoms with Crippen LogP contribution >= 0.6 is 0 Å². The van der Waals surface area contributed by atoms with E-state index in [0.717, 1.165) is 0 Å². The largest absolute Gasteiger partial charge is 0.354 e. The molecule has 0 atom stereocenters. The van der Waals surface area contributed by atoms with Crippen LogP contribution < -0.4 is 10.3 Å². The van der Waals surface area contributed by atoms with E-state index < -0.39 is 4.92 Å². The molecular weight excluding hydrogens is 236 g/mol. The molecule has 0 aliphatic heterocycles. The molecule has 0 saturated heterocycles. The van der Waals surface area contributed by atoms with E-state index in [-0.39, 0.29) is 11.5 Å². The molecule has 1 N–H and O–H groups in total. The number of rotatable bonds is 6. The van der Waals surface area contributed by atoms with Gasteiger partial charge in [0.05, 0.1) is 4.92 Å². The van der Waals surface area contributed by atoms with Crippen molar-refractivity contribution >= 4 is 17.3 Å². The predicted molar refractivity (Wildman–Crippen MR) is 69.6 cm³/mol. The van der Waals surface area contributed by atoms with E-state index in [4.69, 9.17) is 0 Å². The Morgan fingerprint density at radius 3 is 2.39 bits per heavy atom. The number of hydrazine groups is 1. The summed E-state index contributed by atoms with van der Waals surface area (Å²) in [5, 5.41) is 12.8. The Morgan fingerprint density at radius 1 is 1.33 bits per heavy atom. The number of aromatic nitrogens is 2. The molecule has 0 spiro atoms. The average molecular weight is 254 g/mol. The van der Waals surface area contributed by atoms with Crippen LogP contribution in [0.25, 0.3) is 0 Å². The molecule has 0 aromatic carbocycles. The molecule has 1 aromatic heterocycles. The van der Waals surface area contributed by atoms with Gasteiger partial charge in [0.25, 0.3) is 0 Å². The highest BCUT2D eigenvalue weighted by atomic mass is 16.6. The molecule has 100 valence electrons. The first kappa shape index (κ1) is 14.1. The summed E-state index contributed by atoms with van der Waals surface area (Å²) in [5.41, 5.74) is 2.71. The van der Waals surface area contributed by atoms with Crippen LogP contribution in [0.3, 0.4) is 0 Å². The van der Waals surface area contributed by atoms with Crippen molar-refractivity contribution in [2.24, 2.45) is 0 Å². The van der Waals surface area contributed by atoms with E-state index >= 15 is 0 Å².